The van der Waals surface area contributed by atoms with Crippen molar-refractivity contribution in [1.82, 2.24) is 0 Å². The Hall–Kier alpha value is -4.70. The number of nitriles is 1. The molecule has 0 N–H and O–H groups in total. The molecular formula is C26H20N4O3. The number of rotatable bonds is 6. The highest BCUT2D eigenvalue weighted by molar-refractivity contribution is 5.90. The Morgan fingerprint density at radius 2 is 1.64 bits per heavy atom. The first-order valence-corrected chi connectivity index (χ1v) is 10.2. The third-order valence-electron chi connectivity index (χ3n) is 5.11. The molecule has 33 heavy (non-hydrogen) atoms. The second kappa shape index (κ2) is 9.20. The molecule has 4 rings (SSSR count). The molecular weight excluding hydrogens is 416 g/mol. The number of aliphatic imine (C=N–C) groups is 1. The Bertz CT molecular complexity index is 1370. The van der Waals surface area contributed by atoms with Gasteiger partial charge in [-0.3, -0.25) is 10.1 Å². The van der Waals surface area contributed by atoms with Crippen molar-refractivity contribution >= 4 is 23.5 Å². The Kier molecular flexibility index (Phi) is 6.00. The van der Waals surface area contributed by atoms with Gasteiger partial charge in [-0.15, -0.1) is 0 Å². The first-order valence-electron chi connectivity index (χ1n) is 10.2. The molecule has 7 heteroatoms. The van der Waals surface area contributed by atoms with Crippen LogP contribution in [0, 0.1) is 21.4 Å². The normalized spacial score (nSPS) is 10.8. The van der Waals surface area contributed by atoms with Crippen LogP contribution in [0.25, 0.3) is 22.5 Å². The molecule has 0 atom stereocenters. The molecule has 0 aliphatic rings. The maximum Gasteiger partial charge on any atom is 0.293 e. The number of nitro benzene ring substituents is 1. The van der Waals surface area contributed by atoms with Gasteiger partial charge in [-0.05, 0) is 17.2 Å². The zero-order valence-corrected chi connectivity index (χ0v) is 18.1. The van der Waals surface area contributed by atoms with Crippen molar-refractivity contribution in [3.8, 4) is 28.5 Å². The first kappa shape index (κ1) is 21.5. The summed E-state index contributed by atoms with van der Waals surface area (Å²) in [5, 5.41) is 21.4. The maximum atomic E-state index is 11.5. The molecule has 162 valence electrons. The Balaban J connectivity index is 1.83. The lowest BCUT2D eigenvalue weighted by Crippen LogP contribution is -2.11. The van der Waals surface area contributed by atoms with Gasteiger partial charge < -0.3 is 9.32 Å². The summed E-state index contributed by atoms with van der Waals surface area (Å²) >= 11 is 0. The highest BCUT2D eigenvalue weighted by atomic mass is 16.6. The molecule has 0 aliphatic carbocycles. The fourth-order valence-electron chi connectivity index (χ4n) is 3.57. The summed E-state index contributed by atoms with van der Waals surface area (Å²) in [6, 6.07) is 26.1. The molecule has 4 aromatic rings. The van der Waals surface area contributed by atoms with Gasteiger partial charge >= 0.3 is 0 Å². The van der Waals surface area contributed by atoms with Crippen LogP contribution in [0.3, 0.4) is 0 Å². The van der Waals surface area contributed by atoms with E-state index in [0.717, 1.165) is 11.1 Å². The second-order valence-corrected chi connectivity index (χ2v) is 7.49. The second-order valence-electron chi connectivity index (χ2n) is 7.49. The van der Waals surface area contributed by atoms with Crippen molar-refractivity contribution in [3.05, 3.63) is 100 Å². The lowest BCUT2D eigenvalue weighted by Gasteiger charge is -2.12. The summed E-state index contributed by atoms with van der Waals surface area (Å²) in [6.07, 6.45) is 1.47. The number of furan rings is 1. The first-order chi connectivity index (χ1) is 16.0. The Morgan fingerprint density at radius 3 is 2.21 bits per heavy atom. The summed E-state index contributed by atoms with van der Waals surface area (Å²) in [4.78, 5) is 17.1. The van der Waals surface area contributed by atoms with Gasteiger partial charge in [0.1, 0.15) is 23.1 Å². The van der Waals surface area contributed by atoms with E-state index in [1.165, 1.54) is 12.3 Å². The average molecular weight is 436 g/mol. The number of nitro groups is 1. The van der Waals surface area contributed by atoms with E-state index in [1.54, 1.807) is 31.1 Å². The molecule has 0 saturated carbocycles. The van der Waals surface area contributed by atoms with Crippen molar-refractivity contribution in [2.24, 2.45) is 4.99 Å². The average Bonchev–Trinajstić information content (AvgIpc) is 3.22. The standard InChI is InChI=1S/C26H20N4O3/c1-29(2)22-14-13-18(15-23(22)30(31)32)17-28-26-21(16-27)24(19-9-5-3-6-10-19)25(33-26)20-11-7-4-8-12-20/h3-15,17H,1-2H3. The SMILES string of the molecule is CN(C)c1ccc(C=Nc2oc(-c3ccccc3)c(-c3ccccc3)c2C#N)cc1[N+](=O)[O-]. The van der Waals surface area contributed by atoms with Gasteiger partial charge in [-0.1, -0.05) is 66.7 Å². The van der Waals surface area contributed by atoms with Gasteiger partial charge in [0.25, 0.3) is 5.69 Å². The van der Waals surface area contributed by atoms with Gasteiger partial charge in [0.05, 0.1) is 4.92 Å². The zero-order valence-electron chi connectivity index (χ0n) is 18.1. The molecule has 1 heterocycles. The molecule has 0 aliphatic heterocycles. The minimum absolute atomic E-state index is 0.0288. The van der Waals surface area contributed by atoms with Crippen molar-refractivity contribution in [3.63, 3.8) is 0 Å². The summed E-state index contributed by atoms with van der Waals surface area (Å²) in [5.41, 5.74) is 3.60. The van der Waals surface area contributed by atoms with Crippen LogP contribution in [0.2, 0.25) is 0 Å². The largest absolute Gasteiger partial charge is 0.436 e. The maximum absolute atomic E-state index is 11.5. The summed E-state index contributed by atoms with van der Waals surface area (Å²) in [5.74, 6) is 0.689. The van der Waals surface area contributed by atoms with E-state index in [0.29, 0.717) is 28.1 Å². The molecule has 0 bridgehead atoms. The lowest BCUT2D eigenvalue weighted by molar-refractivity contribution is -0.384. The van der Waals surface area contributed by atoms with E-state index in [-0.39, 0.29) is 11.6 Å². The molecule has 1 aromatic heterocycles. The van der Waals surface area contributed by atoms with Crippen LogP contribution in [0.1, 0.15) is 11.1 Å². The minimum atomic E-state index is -0.429. The predicted octanol–water partition coefficient (Wildman–Crippen LogP) is 6.21. The number of benzene rings is 3. The molecule has 0 unspecified atom stereocenters. The third kappa shape index (κ3) is 4.36. The molecule has 0 fully saturated rings. The van der Waals surface area contributed by atoms with Crippen molar-refractivity contribution in [2.75, 3.05) is 19.0 Å². The summed E-state index contributed by atoms with van der Waals surface area (Å²) < 4.78 is 6.08. The van der Waals surface area contributed by atoms with E-state index >= 15 is 0 Å². The van der Waals surface area contributed by atoms with Crippen LogP contribution in [0.5, 0.6) is 0 Å². The smallest absolute Gasteiger partial charge is 0.293 e. The molecule has 3 aromatic carbocycles. The quantitative estimate of drug-likeness (QED) is 0.203. The van der Waals surface area contributed by atoms with Crippen molar-refractivity contribution < 1.29 is 9.34 Å². The number of hydrogen-bond donors (Lipinski definition) is 0. The van der Waals surface area contributed by atoms with E-state index in [2.05, 4.69) is 11.1 Å². The van der Waals surface area contributed by atoms with Gasteiger partial charge in [-0.25, -0.2) is 4.99 Å². The summed E-state index contributed by atoms with van der Waals surface area (Å²) in [7, 11) is 3.49. The fraction of sp³-hybridized carbons (Fsp3) is 0.0769. The van der Waals surface area contributed by atoms with Gasteiger partial charge in [0.15, 0.2) is 0 Å². The predicted molar refractivity (Wildman–Crippen MR) is 129 cm³/mol. The highest BCUT2D eigenvalue weighted by Crippen LogP contribution is 2.42. The van der Waals surface area contributed by atoms with Gasteiger partial charge in [-0.2, -0.15) is 5.26 Å². The summed E-state index contributed by atoms with van der Waals surface area (Å²) in [6.45, 7) is 0. The zero-order chi connectivity index (χ0) is 23.4. The van der Waals surface area contributed by atoms with Crippen LogP contribution in [0.15, 0.2) is 88.3 Å². The van der Waals surface area contributed by atoms with Crippen molar-refractivity contribution in [2.45, 2.75) is 0 Å². The van der Waals surface area contributed by atoms with Crippen molar-refractivity contribution in [1.29, 1.82) is 5.26 Å². The van der Waals surface area contributed by atoms with E-state index < -0.39 is 4.92 Å². The number of anilines is 1. The molecule has 0 radical (unpaired) electrons. The molecule has 7 nitrogen and oxygen atoms in total. The Morgan fingerprint density at radius 1 is 1.00 bits per heavy atom. The van der Waals surface area contributed by atoms with Crippen LogP contribution >= 0.6 is 0 Å². The fourth-order valence-corrected chi connectivity index (χ4v) is 3.57. The molecule has 0 spiro atoms. The Labute approximate surface area is 191 Å². The number of hydrogen-bond acceptors (Lipinski definition) is 6. The number of nitrogens with zero attached hydrogens (tertiary/aromatic N) is 4. The van der Waals surface area contributed by atoms with E-state index in [4.69, 9.17) is 4.42 Å². The van der Waals surface area contributed by atoms with E-state index in [9.17, 15) is 15.4 Å². The lowest BCUT2D eigenvalue weighted by atomic mass is 9.98. The minimum Gasteiger partial charge on any atom is -0.436 e. The van der Waals surface area contributed by atoms with Gasteiger partial charge in [0.2, 0.25) is 5.88 Å². The van der Waals surface area contributed by atoms with Crippen LogP contribution in [-0.4, -0.2) is 25.2 Å². The van der Waals surface area contributed by atoms with Crippen LogP contribution in [-0.2, 0) is 0 Å². The van der Waals surface area contributed by atoms with E-state index in [1.807, 2.05) is 60.7 Å². The van der Waals surface area contributed by atoms with Gasteiger partial charge in [0, 0.05) is 37.5 Å². The monoisotopic (exact) mass is 436 g/mol. The molecule has 0 saturated heterocycles. The molecule has 0 amide bonds. The highest BCUT2D eigenvalue weighted by Gasteiger charge is 2.22. The third-order valence-corrected chi connectivity index (χ3v) is 5.11. The van der Waals surface area contributed by atoms with Crippen LogP contribution < -0.4 is 4.90 Å². The van der Waals surface area contributed by atoms with Crippen LogP contribution in [0.4, 0.5) is 17.3 Å². The topological polar surface area (TPSA) is 95.7 Å².